The minimum Gasteiger partial charge on any atom is -0.491 e. The second kappa shape index (κ2) is 7.87. The van der Waals surface area contributed by atoms with E-state index in [4.69, 9.17) is 4.74 Å². The summed E-state index contributed by atoms with van der Waals surface area (Å²) in [5.74, 6) is 0.830. The summed E-state index contributed by atoms with van der Waals surface area (Å²) in [4.78, 5) is 11.9. The number of hydrogen-bond acceptors (Lipinski definition) is 2. The van der Waals surface area contributed by atoms with Gasteiger partial charge in [-0.1, -0.05) is 31.4 Å². The Hall–Kier alpha value is -1.77. The van der Waals surface area contributed by atoms with E-state index >= 15 is 0 Å². The average molecular weight is 287 g/mol. The van der Waals surface area contributed by atoms with Gasteiger partial charge in [0.1, 0.15) is 5.75 Å². The number of carbonyl (C=O) groups is 1. The van der Waals surface area contributed by atoms with E-state index in [9.17, 15) is 4.79 Å². The van der Waals surface area contributed by atoms with Crippen LogP contribution in [0.3, 0.4) is 0 Å². The van der Waals surface area contributed by atoms with Gasteiger partial charge < -0.3 is 10.1 Å². The predicted molar refractivity (Wildman–Crippen MR) is 86.3 cm³/mol. The molecule has 1 saturated carbocycles. The predicted octanol–water partition coefficient (Wildman–Crippen LogP) is 3.94. The number of hydrogen-bond donors (Lipinski definition) is 1. The molecule has 1 aromatic rings. The molecule has 0 aliphatic heterocycles. The van der Waals surface area contributed by atoms with Gasteiger partial charge in [-0.2, -0.15) is 0 Å². The van der Waals surface area contributed by atoms with Gasteiger partial charge in [-0.25, -0.2) is 0 Å². The molecule has 1 aromatic carbocycles. The van der Waals surface area contributed by atoms with Crippen LogP contribution in [0.2, 0.25) is 0 Å². The quantitative estimate of drug-likeness (QED) is 0.833. The fourth-order valence-electron chi connectivity index (χ4n) is 2.63. The fourth-order valence-corrected chi connectivity index (χ4v) is 2.63. The van der Waals surface area contributed by atoms with Crippen molar-refractivity contribution in [3.8, 4) is 5.75 Å². The Kier molecular flexibility index (Phi) is 5.85. The number of nitrogens with one attached hydrogen (secondary N) is 1. The monoisotopic (exact) mass is 287 g/mol. The van der Waals surface area contributed by atoms with E-state index in [1.807, 2.05) is 44.2 Å². The van der Waals surface area contributed by atoms with Crippen LogP contribution in [0.5, 0.6) is 5.75 Å². The van der Waals surface area contributed by atoms with Crippen LogP contribution in [0.1, 0.15) is 51.5 Å². The molecule has 0 atom stereocenters. The summed E-state index contributed by atoms with van der Waals surface area (Å²) in [6.45, 7) is 4.00. The van der Waals surface area contributed by atoms with Crippen molar-refractivity contribution in [2.24, 2.45) is 0 Å². The van der Waals surface area contributed by atoms with Gasteiger partial charge in [0.15, 0.2) is 0 Å². The lowest BCUT2D eigenvalue weighted by Crippen LogP contribution is -2.34. The van der Waals surface area contributed by atoms with Gasteiger partial charge in [0.25, 0.3) is 0 Å². The van der Waals surface area contributed by atoms with Crippen LogP contribution in [-0.4, -0.2) is 18.1 Å². The number of amides is 1. The lowest BCUT2D eigenvalue weighted by molar-refractivity contribution is -0.117. The van der Waals surface area contributed by atoms with Crippen molar-refractivity contribution >= 4 is 12.0 Å². The zero-order valence-electron chi connectivity index (χ0n) is 13.0. The highest BCUT2D eigenvalue weighted by molar-refractivity contribution is 5.91. The third-order valence-electron chi connectivity index (χ3n) is 3.61. The molecule has 0 saturated heterocycles. The molecule has 0 radical (unpaired) electrons. The summed E-state index contributed by atoms with van der Waals surface area (Å²) < 4.78 is 5.65. The molecular weight excluding hydrogens is 262 g/mol. The van der Waals surface area contributed by atoms with Crippen molar-refractivity contribution in [1.29, 1.82) is 0 Å². The Bertz CT molecular complexity index is 488. The number of benzene rings is 1. The zero-order chi connectivity index (χ0) is 15.1. The van der Waals surface area contributed by atoms with Gasteiger partial charge in [-0.15, -0.1) is 0 Å². The van der Waals surface area contributed by atoms with Crippen molar-refractivity contribution in [3.05, 3.63) is 35.9 Å². The van der Waals surface area contributed by atoms with Crippen molar-refractivity contribution in [2.75, 3.05) is 0 Å². The topological polar surface area (TPSA) is 38.3 Å². The summed E-state index contributed by atoms with van der Waals surface area (Å²) >= 11 is 0. The number of rotatable bonds is 5. The molecule has 1 N–H and O–H groups in total. The first-order valence-corrected chi connectivity index (χ1v) is 7.89. The second-order valence-electron chi connectivity index (χ2n) is 5.92. The molecule has 114 valence electrons. The molecule has 1 fully saturated rings. The fraction of sp³-hybridized carbons (Fsp3) is 0.500. The van der Waals surface area contributed by atoms with Gasteiger partial charge >= 0.3 is 0 Å². The van der Waals surface area contributed by atoms with Crippen molar-refractivity contribution in [1.82, 2.24) is 5.32 Å². The Morgan fingerprint density at radius 3 is 2.76 bits per heavy atom. The maximum atomic E-state index is 11.9. The molecule has 21 heavy (non-hydrogen) atoms. The lowest BCUT2D eigenvalue weighted by atomic mass is 9.95. The molecule has 1 aliphatic carbocycles. The van der Waals surface area contributed by atoms with E-state index in [0.29, 0.717) is 6.04 Å². The molecule has 1 aliphatic rings. The van der Waals surface area contributed by atoms with E-state index < -0.39 is 0 Å². The highest BCUT2D eigenvalue weighted by atomic mass is 16.5. The van der Waals surface area contributed by atoms with E-state index in [1.165, 1.54) is 19.3 Å². The highest BCUT2D eigenvalue weighted by Crippen LogP contribution is 2.18. The van der Waals surface area contributed by atoms with Crippen LogP contribution in [-0.2, 0) is 4.79 Å². The Morgan fingerprint density at radius 1 is 1.29 bits per heavy atom. The van der Waals surface area contributed by atoms with Crippen LogP contribution in [0.15, 0.2) is 30.3 Å². The first kappa shape index (κ1) is 15.6. The van der Waals surface area contributed by atoms with Gasteiger partial charge in [-0.05, 0) is 50.5 Å². The van der Waals surface area contributed by atoms with E-state index in [1.54, 1.807) is 6.08 Å². The van der Waals surface area contributed by atoms with Gasteiger partial charge in [0.05, 0.1) is 6.10 Å². The van der Waals surface area contributed by atoms with Crippen LogP contribution in [0.4, 0.5) is 0 Å². The number of carbonyl (C=O) groups excluding carboxylic acids is 1. The van der Waals surface area contributed by atoms with Crippen molar-refractivity contribution in [2.45, 2.75) is 58.1 Å². The highest BCUT2D eigenvalue weighted by Gasteiger charge is 2.14. The van der Waals surface area contributed by atoms with Crippen LogP contribution >= 0.6 is 0 Å². The van der Waals surface area contributed by atoms with Gasteiger partial charge in [0, 0.05) is 12.1 Å². The molecule has 3 heteroatoms. The Labute approximate surface area is 127 Å². The van der Waals surface area contributed by atoms with E-state index in [2.05, 4.69) is 5.32 Å². The largest absolute Gasteiger partial charge is 0.491 e. The van der Waals surface area contributed by atoms with E-state index in [-0.39, 0.29) is 12.0 Å². The van der Waals surface area contributed by atoms with Crippen molar-refractivity contribution < 1.29 is 9.53 Å². The standard InChI is InChI=1S/C18H25NO2/c1-14(2)21-17-10-6-7-15(13-17)11-12-18(20)19-16-8-4-3-5-9-16/h6-7,10-14,16H,3-5,8-9H2,1-2H3,(H,19,20)/b12-11+. The SMILES string of the molecule is CC(C)Oc1cccc(/C=C/C(=O)NC2CCCCC2)c1. The first-order valence-electron chi connectivity index (χ1n) is 7.89. The van der Waals surface area contributed by atoms with Crippen LogP contribution in [0.25, 0.3) is 6.08 Å². The zero-order valence-corrected chi connectivity index (χ0v) is 13.0. The lowest BCUT2D eigenvalue weighted by Gasteiger charge is -2.21. The van der Waals surface area contributed by atoms with Gasteiger partial charge in [-0.3, -0.25) is 4.79 Å². The normalized spacial score (nSPS) is 16.3. The molecule has 0 unspecified atom stereocenters. The molecule has 1 amide bonds. The van der Waals surface area contributed by atoms with Crippen LogP contribution in [0, 0.1) is 0 Å². The minimum absolute atomic E-state index is 0.00270. The summed E-state index contributed by atoms with van der Waals surface area (Å²) in [5, 5.41) is 3.08. The molecule has 0 spiro atoms. The third-order valence-corrected chi connectivity index (χ3v) is 3.61. The maximum absolute atomic E-state index is 11.9. The summed E-state index contributed by atoms with van der Waals surface area (Å²) in [6, 6.07) is 8.14. The number of ether oxygens (including phenoxy) is 1. The minimum atomic E-state index is -0.00270. The molecule has 0 aromatic heterocycles. The van der Waals surface area contributed by atoms with Gasteiger partial charge in [0.2, 0.25) is 5.91 Å². The maximum Gasteiger partial charge on any atom is 0.244 e. The first-order chi connectivity index (χ1) is 10.1. The molecule has 0 bridgehead atoms. The summed E-state index contributed by atoms with van der Waals surface area (Å²) in [6.07, 6.45) is 9.57. The molecule has 2 rings (SSSR count). The third kappa shape index (κ3) is 5.62. The average Bonchev–Trinajstić information content (AvgIpc) is 2.46. The molecule has 3 nitrogen and oxygen atoms in total. The Balaban J connectivity index is 1.88. The molecule has 0 heterocycles. The van der Waals surface area contributed by atoms with E-state index in [0.717, 1.165) is 24.2 Å². The molecular formula is C18H25NO2. The second-order valence-corrected chi connectivity index (χ2v) is 5.92. The summed E-state index contributed by atoms with van der Waals surface area (Å²) in [5.41, 5.74) is 0.979. The smallest absolute Gasteiger partial charge is 0.244 e. The Morgan fingerprint density at radius 2 is 2.05 bits per heavy atom. The van der Waals surface area contributed by atoms with Crippen molar-refractivity contribution in [3.63, 3.8) is 0 Å². The van der Waals surface area contributed by atoms with Crippen LogP contribution < -0.4 is 10.1 Å². The summed E-state index contributed by atoms with van der Waals surface area (Å²) in [7, 11) is 0.